The summed E-state index contributed by atoms with van der Waals surface area (Å²) in [5, 5.41) is 9.08. The van der Waals surface area contributed by atoms with Crippen molar-refractivity contribution in [2.45, 2.75) is 56.9 Å². The number of hydrogen-bond acceptors (Lipinski definition) is 3. The lowest BCUT2D eigenvalue weighted by molar-refractivity contribution is -0.134. The number of carbonyl (C=O) groups is 1. The fourth-order valence-corrected chi connectivity index (χ4v) is 3.53. The van der Waals surface area contributed by atoms with Gasteiger partial charge in [-0.05, 0) is 31.4 Å². The minimum absolute atomic E-state index is 0.0211. The van der Waals surface area contributed by atoms with Gasteiger partial charge in [-0.25, -0.2) is 0 Å². The molecule has 2 aliphatic rings. The summed E-state index contributed by atoms with van der Waals surface area (Å²) in [5.41, 5.74) is 0. The van der Waals surface area contributed by atoms with E-state index in [0.717, 1.165) is 25.0 Å². The predicted octanol–water partition coefficient (Wildman–Crippen LogP) is 3.46. The first-order valence-electron chi connectivity index (χ1n) is 8.02. The molecule has 21 heavy (non-hydrogen) atoms. The van der Waals surface area contributed by atoms with Crippen molar-refractivity contribution >= 4 is 5.91 Å². The molecule has 2 saturated carbocycles. The number of rotatable bonds is 4. The SMILES string of the molecule is N#CCN(C(=O)[C@@H]1C[C@@H]1c1ccco1)C1CCCCCC1. The molecule has 3 rings (SSSR count). The van der Waals surface area contributed by atoms with Gasteiger partial charge in [0.1, 0.15) is 12.3 Å². The van der Waals surface area contributed by atoms with Crippen molar-refractivity contribution < 1.29 is 9.21 Å². The van der Waals surface area contributed by atoms with Crippen molar-refractivity contribution in [3.05, 3.63) is 24.2 Å². The highest BCUT2D eigenvalue weighted by Crippen LogP contribution is 2.49. The Hall–Kier alpha value is -1.76. The quantitative estimate of drug-likeness (QED) is 0.629. The van der Waals surface area contributed by atoms with Crippen LogP contribution in [0.5, 0.6) is 0 Å². The van der Waals surface area contributed by atoms with Gasteiger partial charge in [0, 0.05) is 17.9 Å². The fraction of sp³-hybridized carbons (Fsp3) is 0.647. The summed E-state index contributed by atoms with van der Waals surface area (Å²) in [7, 11) is 0. The summed E-state index contributed by atoms with van der Waals surface area (Å²) in [6.45, 7) is 0.227. The van der Waals surface area contributed by atoms with E-state index in [9.17, 15) is 4.79 Å². The van der Waals surface area contributed by atoms with Gasteiger partial charge >= 0.3 is 0 Å². The van der Waals surface area contributed by atoms with Crippen molar-refractivity contribution in [3.63, 3.8) is 0 Å². The standard InChI is InChI=1S/C17H22N2O2/c18-9-10-19(13-6-3-1-2-4-7-13)17(20)15-12-14(15)16-8-5-11-21-16/h5,8,11,13-15H,1-4,6-7,10,12H2/t14-,15+/m0/s1. The molecule has 0 radical (unpaired) electrons. The summed E-state index contributed by atoms with van der Waals surface area (Å²) in [5.74, 6) is 1.31. The number of carbonyl (C=O) groups excluding carboxylic acids is 1. The molecule has 0 unspecified atom stereocenters. The smallest absolute Gasteiger partial charge is 0.227 e. The van der Waals surface area contributed by atoms with Crippen LogP contribution in [0.4, 0.5) is 0 Å². The van der Waals surface area contributed by atoms with Crippen LogP contribution >= 0.6 is 0 Å². The number of furan rings is 1. The van der Waals surface area contributed by atoms with E-state index in [4.69, 9.17) is 9.68 Å². The Morgan fingerprint density at radius 2 is 2.10 bits per heavy atom. The van der Waals surface area contributed by atoms with E-state index in [1.165, 1.54) is 25.7 Å². The lowest BCUT2D eigenvalue weighted by atomic mass is 10.1. The maximum atomic E-state index is 12.7. The first-order chi connectivity index (χ1) is 10.3. The van der Waals surface area contributed by atoms with Crippen LogP contribution in [0.3, 0.4) is 0 Å². The van der Waals surface area contributed by atoms with E-state index in [-0.39, 0.29) is 30.3 Å². The molecule has 0 bridgehead atoms. The van der Waals surface area contributed by atoms with Crippen LogP contribution in [0, 0.1) is 17.2 Å². The summed E-state index contributed by atoms with van der Waals surface area (Å²) in [6, 6.07) is 6.25. The van der Waals surface area contributed by atoms with E-state index in [1.807, 2.05) is 17.0 Å². The summed E-state index contributed by atoms with van der Waals surface area (Å²) in [6.07, 6.45) is 9.47. The van der Waals surface area contributed by atoms with Crippen molar-refractivity contribution in [3.8, 4) is 6.07 Å². The number of nitrogens with zero attached hydrogens (tertiary/aromatic N) is 2. The minimum atomic E-state index is 0.0211. The molecule has 0 N–H and O–H groups in total. The molecule has 0 aromatic carbocycles. The highest BCUT2D eigenvalue weighted by Gasteiger charge is 2.48. The average molecular weight is 286 g/mol. The molecule has 0 spiro atoms. The zero-order chi connectivity index (χ0) is 14.7. The van der Waals surface area contributed by atoms with Gasteiger partial charge < -0.3 is 9.32 Å². The maximum absolute atomic E-state index is 12.7. The first-order valence-corrected chi connectivity index (χ1v) is 8.02. The topological polar surface area (TPSA) is 57.2 Å². The van der Waals surface area contributed by atoms with Crippen LogP contribution in [-0.4, -0.2) is 23.4 Å². The average Bonchev–Trinajstić information content (AvgIpc) is 3.20. The Balaban J connectivity index is 1.66. The van der Waals surface area contributed by atoms with E-state index in [1.54, 1.807) is 6.26 Å². The highest BCUT2D eigenvalue weighted by atomic mass is 16.3. The molecular weight excluding hydrogens is 264 g/mol. The minimum Gasteiger partial charge on any atom is -0.469 e. The molecule has 1 heterocycles. The zero-order valence-corrected chi connectivity index (χ0v) is 12.3. The first kappa shape index (κ1) is 14.2. The molecule has 4 heteroatoms. The van der Waals surface area contributed by atoms with Gasteiger partial charge in [-0.15, -0.1) is 0 Å². The molecule has 2 atom stereocenters. The Morgan fingerprint density at radius 1 is 1.33 bits per heavy atom. The van der Waals surface area contributed by atoms with E-state index >= 15 is 0 Å². The van der Waals surface area contributed by atoms with Crippen LogP contribution in [0.15, 0.2) is 22.8 Å². The van der Waals surface area contributed by atoms with Crippen LogP contribution < -0.4 is 0 Å². The number of amides is 1. The zero-order valence-electron chi connectivity index (χ0n) is 12.3. The number of nitriles is 1. The third kappa shape index (κ3) is 3.12. The number of hydrogen-bond donors (Lipinski definition) is 0. The summed E-state index contributed by atoms with van der Waals surface area (Å²) < 4.78 is 5.41. The fourth-order valence-electron chi connectivity index (χ4n) is 3.53. The van der Waals surface area contributed by atoms with Gasteiger partial charge in [-0.2, -0.15) is 5.26 Å². The summed E-state index contributed by atoms with van der Waals surface area (Å²) in [4.78, 5) is 14.6. The van der Waals surface area contributed by atoms with E-state index < -0.39 is 0 Å². The van der Waals surface area contributed by atoms with Crippen LogP contribution in [-0.2, 0) is 4.79 Å². The van der Waals surface area contributed by atoms with Gasteiger partial charge in [0.15, 0.2) is 0 Å². The van der Waals surface area contributed by atoms with Gasteiger partial charge in [0.2, 0.25) is 5.91 Å². The van der Waals surface area contributed by atoms with Gasteiger partial charge in [-0.1, -0.05) is 25.7 Å². The van der Waals surface area contributed by atoms with Crippen LogP contribution in [0.2, 0.25) is 0 Å². The van der Waals surface area contributed by atoms with Crippen LogP contribution in [0.25, 0.3) is 0 Å². The predicted molar refractivity (Wildman–Crippen MR) is 78.4 cm³/mol. The second-order valence-electron chi connectivity index (χ2n) is 6.23. The molecular formula is C17H22N2O2. The van der Waals surface area contributed by atoms with Crippen molar-refractivity contribution in [1.29, 1.82) is 5.26 Å². The third-order valence-corrected chi connectivity index (χ3v) is 4.81. The monoisotopic (exact) mass is 286 g/mol. The van der Waals surface area contributed by atoms with Crippen molar-refractivity contribution in [2.75, 3.05) is 6.54 Å². The second-order valence-corrected chi connectivity index (χ2v) is 6.23. The molecule has 2 aliphatic carbocycles. The van der Waals surface area contributed by atoms with Gasteiger partial charge in [0.25, 0.3) is 0 Å². The van der Waals surface area contributed by atoms with Crippen molar-refractivity contribution in [1.82, 2.24) is 4.90 Å². The molecule has 4 nitrogen and oxygen atoms in total. The molecule has 0 saturated heterocycles. The molecule has 1 amide bonds. The van der Waals surface area contributed by atoms with Gasteiger partial charge in [-0.3, -0.25) is 4.79 Å². The maximum Gasteiger partial charge on any atom is 0.227 e. The summed E-state index contributed by atoms with van der Waals surface area (Å²) >= 11 is 0. The van der Waals surface area contributed by atoms with Crippen molar-refractivity contribution in [2.24, 2.45) is 5.92 Å². The molecule has 112 valence electrons. The van der Waals surface area contributed by atoms with Gasteiger partial charge in [0.05, 0.1) is 12.3 Å². The van der Waals surface area contributed by atoms with Crippen LogP contribution in [0.1, 0.15) is 56.6 Å². The molecule has 1 aromatic heterocycles. The lowest BCUT2D eigenvalue weighted by Gasteiger charge is -2.29. The second kappa shape index (κ2) is 6.34. The Labute approximate surface area is 125 Å². The normalized spacial score (nSPS) is 25.9. The Bertz CT molecular complexity index is 509. The van der Waals surface area contributed by atoms with E-state index in [2.05, 4.69) is 6.07 Å². The largest absolute Gasteiger partial charge is 0.469 e. The molecule has 1 aromatic rings. The Kier molecular flexibility index (Phi) is 4.28. The Morgan fingerprint density at radius 3 is 2.71 bits per heavy atom. The molecule has 0 aliphatic heterocycles. The highest BCUT2D eigenvalue weighted by molar-refractivity contribution is 5.83. The van der Waals surface area contributed by atoms with E-state index in [0.29, 0.717) is 0 Å². The molecule has 2 fully saturated rings. The third-order valence-electron chi connectivity index (χ3n) is 4.81. The lowest BCUT2D eigenvalue weighted by Crippen LogP contribution is -2.41.